The van der Waals surface area contributed by atoms with E-state index in [0.717, 1.165) is 0 Å². The molecule has 0 aliphatic heterocycles. The second kappa shape index (κ2) is 7.95. The third-order valence-corrected chi connectivity index (χ3v) is 3.52. The molecule has 2 rings (SSSR count). The first-order valence-electron chi connectivity index (χ1n) is 6.86. The maximum atomic E-state index is 13.1. The first-order chi connectivity index (χ1) is 11.3. The predicted molar refractivity (Wildman–Crippen MR) is 94.8 cm³/mol. The zero-order chi connectivity index (χ0) is 17.7. The first-order valence-corrected chi connectivity index (χ1v) is 7.62. The molecule has 0 spiro atoms. The minimum atomic E-state index is -0.521. The Kier molecular flexibility index (Phi) is 5.95. The molecule has 0 bridgehead atoms. The number of amides is 2. The van der Waals surface area contributed by atoms with Crippen LogP contribution in [0, 0.1) is 5.82 Å². The molecule has 24 heavy (non-hydrogen) atoms. The molecule has 0 heterocycles. The average molecular weight is 367 g/mol. The fourth-order valence-corrected chi connectivity index (χ4v) is 2.27. The van der Waals surface area contributed by atoms with Gasteiger partial charge in [-0.3, -0.25) is 9.59 Å². The number of hydrogen-bond acceptors (Lipinski definition) is 2. The highest BCUT2D eigenvalue weighted by atomic mass is 35.5. The maximum absolute atomic E-state index is 13.1. The van der Waals surface area contributed by atoms with Gasteiger partial charge in [0.1, 0.15) is 5.82 Å². The second-order valence-electron chi connectivity index (χ2n) is 4.87. The molecule has 2 aromatic carbocycles. The number of benzene rings is 2. The van der Waals surface area contributed by atoms with Crippen LogP contribution in [0.25, 0.3) is 6.08 Å². The van der Waals surface area contributed by atoms with E-state index in [1.165, 1.54) is 43.3 Å². The van der Waals surface area contributed by atoms with E-state index in [0.29, 0.717) is 22.0 Å². The van der Waals surface area contributed by atoms with Crippen LogP contribution in [-0.2, 0) is 9.59 Å². The van der Waals surface area contributed by atoms with Crippen molar-refractivity contribution in [1.82, 2.24) is 0 Å². The molecule has 7 heteroatoms. The summed E-state index contributed by atoms with van der Waals surface area (Å²) in [7, 11) is 0. The number of nitrogens with one attached hydrogen (secondary N) is 2. The highest BCUT2D eigenvalue weighted by molar-refractivity contribution is 6.34. The van der Waals surface area contributed by atoms with Crippen LogP contribution in [-0.4, -0.2) is 11.8 Å². The van der Waals surface area contributed by atoms with Gasteiger partial charge in [0.25, 0.3) is 0 Å². The molecule has 2 N–H and O–H groups in total. The number of rotatable bonds is 4. The lowest BCUT2D eigenvalue weighted by atomic mass is 10.2. The Labute approximate surface area is 148 Å². The van der Waals surface area contributed by atoms with Crippen molar-refractivity contribution in [2.45, 2.75) is 6.92 Å². The van der Waals surface area contributed by atoms with Crippen molar-refractivity contribution in [2.75, 3.05) is 10.6 Å². The Morgan fingerprint density at radius 2 is 1.79 bits per heavy atom. The Bertz CT molecular complexity index is 822. The van der Waals surface area contributed by atoms with Crippen LogP contribution >= 0.6 is 23.2 Å². The Hall–Kier alpha value is -2.37. The van der Waals surface area contributed by atoms with Crippen molar-refractivity contribution >= 4 is 52.5 Å². The van der Waals surface area contributed by atoms with E-state index in [-0.39, 0.29) is 10.9 Å². The number of halogens is 3. The summed E-state index contributed by atoms with van der Waals surface area (Å²) in [4.78, 5) is 22.9. The van der Waals surface area contributed by atoms with Gasteiger partial charge in [-0.15, -0.1) is 0 Å². The van der Waals surface area contributed by atoms with Gasteiger partial charge >= 0.3 is 0 Å². The van der Waals surface area contributed by atoms with Gasteiger partial charge in [0.05, 0.1) is 15.7 Å². The zero-order valence-electron chi connectivity index (χ0n) is 12.6. The van der Waals surface area contributed by atoms with Crippen molar-refractivity contribution in [2.24, 2.45) is 0 Å². The number of hydrogen-bond donors (Lipinski definition) is 2. The summed E-state index contributed by atoms with van der Waals surface area (Å²) in [5.41, 5.74) is 1.52. The predicted octanol–water partition coefficient (Wildman–Crippen LogP) is 4.74. The molecule has 0 fully saturated rings. The lowest BCUT2D eigenvalue weighted by Gasteiger charge is -2.08. The summed E-state index contributed by atoms with van der Waals surface area (Å²) in [6, 6.07) is 8.86. The van der Waals surface area contributed by atoms with Gasteiger partial charge in [-0.1, -0.05) is 29.3 Å². The largest absolute Gasteiger partial charge is 0.325 e. The molecule has 124 valence electrons. The molecule has 2 aromatic rings. The quantitative estimate of drug-likeness (QED) is 0.767. The van der Waals surface area contributed by atoms with E-state index in [2.05, 4.69) is 10.6 Å². The second-order valence-corrected chi connectivity index (χ2v) is 5.69. The van der Waals surface area contributed by atoms with Crippen LogP contribution in [0.5, 0.6) is 0 Å². The minimum absolute atomic E-state index is 0.0158. The zero-order valence-corrected chi connectivity index (χ0v) is 14.1. The summed E-state index contributed by atoms with van der Waals surface area (Å²) in [5, 5.41) is 5.49. The molecular weight excluding hydrogens is 354 g/mol. The SMILES string of the molecule is CC(=O)Nc1ccc(NC(=O)/C=C/c2ccc(F)c(Cl)c2)cc1Cl. The van der Waals surface area contributed by atoms with Crippen LogP contribution in [0.3, 0.4) is 0 Å². The van der Waals surface area contributed by atoms with Gasteiger partial charge in [-0.25, -0.2) is 4.39 Å². The van der Waals surface area contributed by atoms with Gasteiger partial charge in [-0.2, -0.15) is 0 Å². The molecule has 0 unspecified atom stereocenters. The molecule has 0 aliphatic rings. The van der Waals surface area contributed by atoms with Crippen LogP contribution in [0.2, 0.25) is 10.0 Å². The van der Waals surface area contributed by atoms with E-state index in [9.17, 15) is 14.0 Å². The Morgan fingerprint density at radius 3 is 2.42 bits per heavy atom. The number of carbonyl (C=O) groups is 2. The van der Waals surface area contributed by atoms with Gasteiger partial charge in [0, 0.05) is 18.7 Å². The van der Waals surface area contributed by atoms with E-state index < -0.39 is 11.7 Å². The lowest BCUT2D eigenvalue weighted by molar-refractivity contribution is -0.114. The molecule has 0 aromatic heterocycles. The molecule has 0 radical (unpaired) electrons. The van der Waals surface area contributed by atoms with E-state index in [1.807, 2.05) is 0 Å². The fourth-order valence-electron chi connectivity index (χ4n) is 1.86. The minimum Gasteiger partial charge on any atom is -0.325 e. The standard InChI is InChI=1S/C17H13Cl2FN2O2/c1-10(23)21-16-6-4-12(9-14(16)19)22-17(24)7-3-11-2-5-15(20)13(18)8-11/h2-9H,1H3,(H,21,23)(H,22,24)/b7-3+. The fraction of sp³-hybridized carbons (Fsp3) is 0.0588. The molecule has 0 atom stereocenters. The number of anilines is 2. The normalized spacial score (nSPS) is 10.7. The van der Waals surface area contributed by atoms with Gasteiger partial charge in [0.15, 0.2) is 0 Å². The molecule has 0 saturated heterocycles. The van der Waals surface area contributed by atoms with Gasteiger partial charge < -0.3 is 10.6 Å². The van der Waals surface area contributed by atoms with Crippen molar-refractivity contribution in [3.05, 3.63) is 63.9 Å². The highest BCUT2D eigenvalue weighted by Gasteiger charge is 2.05. The molecule has 4 nitrogen and oxygen atoms in total. The third kappa shape index (κ3) is 5.08. The molecular formula is C17H13Cl2FN2O2. The molecule has 0 aliphatic carbocycles. The summed E-state index contributed by atoms with van der Waals surface area (Å²) < 4.78 is 13.1. The topological polar surface area (TPSA) is 58.2 Å². The summed E-state index contributed by atoms with van der Waals surface area (Å²) in [6.45, 7) is 1.37. The monoisotopic (exact) mass is 366 g/mol. The average Bonchev–Trinajstić information content (AvgIpc) is 2.51. The smallest absolute Gasteiger partial charge is 0.248 e. The van der Waals surface area contributed by atoms with E-state index in [1.54, 1.807) is 12.1 Å². The van der Waals surface area contributed by atoms with Crippen LogP contribution in [0.15, 0.2) is 42.5 Å². The van der Waals surface area contributed by atoms with Crippen molar-refractivity contribution in [3.63, 3.8) is 0 Å². The number of carbonyl (C=O) groups excluding carboxylic acids is 2. The van der Waals surface area contributed by atoms with Gasteiger partial charge in [0.2, 0.25) is 11.8 Å². The van der Waals surface area contributed by atoms with Crippen LogP contribution < -0.4 is 10.6 Å². The Morgan fingerprint density at radius 1 is 1.04 bits per heavy atom. The van der Waals surface area contributed by atoms with Gasteiger partial charge in [-0.05, 0) is 42.0 Å². The van der Waals surface area contributed by atoms with E-state index in [4.69, 9.17) is 23.2 Å². The first kappa shape index (κ1) is 18.0. The Balaban J connectivity index is 2.03. The van der Waals surface area contributed by atoms with Crippen molar-refractivity contribution in [1.29, 1.82) is 0 Å². The summed E-state index contributed by atoms with van der Waals surface area (Å²) in [5.74, 6) is -1.15. The van der Waals surface area contributed by atoms with E-state index >= 15 is 0 Å². The van der Waals surface area contributed by atoms with Crippen molar-refractivity contribution < 1.29 is 14.0 Å². The highest BCUT2D eigenvalue weighted by Crippen LogP contribution is 2.25. The van der Waals surface area contributed by atoms with Crippen LogP contribution in [0.1, 0.15) is 12.5 Å². The third-order valence-electron chi connectivity index (χ3n) is 2.92. The molecule has 0 saturated carbocycles. The summed E-state index contributed by atoms with van der Waals surface area (Å²) >= 11 is 11.7. The van der Waals surface area contributed by atoms with Crippen molar-refractivity contribution in [3.8, 4) is 0 Å². The summed E-state index contributed by atoms with van der Waals surface area (Å²) in [6.07, 6.45) is 2.80. The maximum Gasteiger partial charge on any atom is 0.248 e. The van der Waals surface area contributed by atoms with Crippen LogP contribution in [0.4, 0.5) is 15.8 Å². The lowest BCUT2D eigenvalue weighted by Crippen LogP contribution is -2.09. The molecule has 2 amide bonds.